The van der Waals surface area contributed by atoms with Gasteiger partial charge >= 0.3 is 0 Å². The van der Waals surface area contributed by atoms with Gasteiger partial charge in [0, 0.05) is 18.1 Å². The molecule has 0 saturated heterocycles. The molecule has 2 aromatic rings. The van der Waals surface area contributed by atoms with Crippen LogP contribution >= 0.6 is 22.9 Å². The number of benzene rings is 1. The molecule has 0 fully saturated rings. The molecule has 0 aliphatic carbocycles. The van der Waals surface area contributed by atoms with E-state index in [2.05, 4.69) is 62.2 Å². The van der Waals surface area contributed by atoms with Gasteiger partial charge in [-0.05, 0) is 13.0 Å². The minimum Gasteiger partial charge on any atom is -0.386 e. The summed E-state index contributed by atoms with van der Waals surface area (Å²) in [5.41, 5.74) is 3.76. The average molecular weight is 286 g/mol. The van der Waals surface area contributed by atoms with Crippen LogP contribution in [0.25, 0.3) is 10.9 Å². The first-order chi connectivity index (χ1) is 6.25. The van der Waals surface area contributed by atoms with Crippen molar-refractivity contribution in [3.63, 3.8) is 0 Å². The maximum absolute atomic E-state index is 3.23. The van der Waals surface area contributed by atoms with Crippen molar-refractivity contribution >= 4 is 39.5 Å². The molecular formula is C10H11IN2. The lowest BCUT2D eigenvalue weighted by Crippen LogP contribution is -1.89. The molecule has 2 nitrogen and oxygen atoms in total. The van der Waals surface area contributed by atoms with Crippen LogP contribution in [-0.4, -0.2) is 9.83 Å². The van der Waals surface area contributed by atoms with Gasteiger partial charge in [-0.25, -0.2) is 0 Å². The van der Waals surface area contributed by atoms with Gasteiger partial charge in [-0.1, -0.05) is 18.2 Å². The molecule has 1 heterocycles. The summed E-state index contributed by atoms with van der Waals surface area (Å²) < 4.78 is 2.18. The first-order valence-electron chi connectivity index (χ1n) is 4.19. The monoisotopic (exact) mass is 286 g/mol. The van der Waals surface area contributed by atoms with Crippen molar-refractivity contribution in [1.29, 1.82) is 0 Å². The summed E-state index contributed by atoms with van der Waals surface area (Å²) in [4.78, 5) is 0. The second-order valence-electron chi connectivity index (χ2n) is 3.01. The Morgan fingerprint density at radius 1 is 1.31 bits per heavy atom. The summed E-state index contributed by atoms with van der Waals surface area (Å²) in [6.45, 7) is 2.12. The van der Waals surface area contributed by atoms with Crippen LogP contribution in [0.2, 0.25) is 0 Å². The second-order valence-corrected chi connectivity index (χ2v) is 3.97. The Morgan fingerprint density at radius 3 is 2.69 bits per heavy atom. The topological polar surface area (TPSA) is 17.0 Å². The SMILES string of the molecule is CNc1c(C)n(I)c2ccccc12. The molecule has 1 aromatic heterocycles. The van der Waals surface area contributed by atoms with Crippen molar-refractivity contribution in [3.05, 3.63) is 30.0 Å². The predicted molar refractivity (Wildman–Crippen MR) is 65.6 cm³/mol. The largest absolute Gasteiger partial charge is 0.386 e. The number of rotatable bonds is 1. The number of nitrogens with zero attached hydrogens (tertiary/aromatic N) is 1. The van der Waals surface area contributed by atoms with Crippen molar-refractivity contribution in [2.75, 3.05) is 12.4 Å². The van der Waals surface area contributed by atoms with Crippen molar-refractivity contribution in [1.82, 2.24) is 2.78 Å². The second kappa shape index (κ2) is 3.21. The molecule has 0 saturated carbocycles. The van der Waals surface area contributed by atoms with E-state index in [0.29, 0.717) is 0 Å². The Labute approximate surface area is 91.4 Å². The first kappa shape index (κ1) is 8.87. The Balaban J connectivity index is 2.90. The predicted octanol–water partition coefficient (Wildman–Crippen LogP) is 3.19. The van der Waals surface area contributed by atoms with E-state index in [1.54, 1.807) is 0 Å². The van der Waals surface area contributed by atoms with Gasteiger partial charge in [0.05, 0.1) is 34.1 Å². The van der Waals surface area contributed by atoms with E-state index in [1.807, 2.05) is 7.05 Å². The van der Waals surface area contributed by atoms with E-state index >= 15 is 0 Å². The smallest absolute Gasteiger partial charge is 0.0643 e. The van der Waals surface area contributed by atoms with Crippen LogP contribution in [0.4, 0.5) is 5.69 Å². The van der Waals surface area contributed by atoms with Crippen LogP contribution in [-0.2, 0) is 0 Å². The molecule has 0 unspecified atom stereocenters. The van der Waals surface area contributed by atoms with Crippen LogP contribution < -0.4 is 5.32 Å². The normalized spacial score (nSPS) is 10.7. The van der Waals surface area contributed by atoms with E-state index in [-0.39, 0.29) is 0 Å². The third-order valence-corrected chi connectivity index (χ3v) is 3.53. The lowest BCUT2D eigenvalue weighted by molar-refractivity contribution is 1.26. The lowest BCUT2D eigenvalue weighted by Gasteiger charge is -1.98. The average Bonchev–Trinajstić information content (AvgIpc) is 2.41. The highest BCUT2D eigenvalue weighted by atomic mass is 127. The van der Waals surface area contributed by atoms with Crippen molar-refractivity contribution < 1.29 is 0 Å². The molecule has 0 amide bonds. The van der Waals surface area contributed by atoms with Gasteiger partial charge in [-0.15, -0.1) is 0 Å². The standard InChI is InChI=1S/C10H11IN2/c1-7-10(12-2)8-5-3-4-6-9(8)13(7)11/h3-6,12H,1-2H3. The molecule has 0 aliphatic heterocycles. The number of aromatic nitrogens is 1. The van der Waals surface area contributed by atoms with Crippen LogP contribution in [0, 0.1) is 6.92 Å². The van der Waals surface area contributed by atoms with Gasteiger partial charge in [0.25, 0.3) is 0 Å². The van der Waals surface area contributed by atoms with Gasteiger partial charge in [0.15, 0.2) is 0 Å². The zero-order valence-corrected chi connectivity index (χ0v) is 9.79. The molecule has 3 heteroatoms. The zero-order chi connectivity index (χ0) is 9.42. The van der Waals surface area contributed by atoms with E-state index in [1.165, 1.54) is 22.3 Å². The Morgan fingerprint density at radius 2 is 2.00 bits per heavy atom. The zero-order valence-electron chi connectivity index (χ0n) is 7.63. The molecule has 2 rings (SSSR count). The first-order valence-corrected chi connectivity index (χ1v) is 5.16. The third-order valence-electron chi connectivity index (χ3n) is 2.29. The summed E-state index contributed by atoms with van der Waals surface area (Å²) in [5, 5.41) is 4.52. The van der Waals surface area contributed by atoms with Gasteiger partial charge in [0.2, 0.25) is 0 Å². The van der Waals surface area contributed by atoms with E-state index in [9.17, 15) is 0 Å². The maximum atomic E-state index is 3.23. The number of anilines is 1. The highest BCUT2D eigenvalue weighted by molar-refractivity contribution is 14.1. The van der Waals surface area contributed by atoms with Crippen LogP contribution in [0.1, 0.15) is 5.69 Å². The third kappa shape index (κ3) is 1.22. The summed E-state index contributed by atoms with van der Waals surface area (Å²) in [6, 6.07) is 8.41. The number of halogens is 1. The van der Waals surface area contributed by atoms with Gasteiger partial charge in [-0.2, -0.15) is 0 Å². The summed E-state index contributed by atoms with van der Waals surface area (Å²) in [7, 11) is 1.96. The maximum Gasteiger partial charge on any atom is 0.0643 e. The molecule has 0 spiro atoms. The molecule has 68 valence electrons. The number of hydrogen-bond acceptors (Lipinski definition) is 1. The minimum absolute atomic E-state index is 1.23. The van der Waals surface area contributed by atoms with Crippen molar-refractivity contribution in [3.8, 4) is 0 Å². The summed E-state index contributed by atoms with van der Waals surface area (Å²) in [5.74, 6) is 0. The van der Waals surface area contributed by atoms with Crippen LogP contribution in [0.15, 0.2) is 24.3 Å². The van der Waals surface area contributed by atoms with E-state index in [4.69, 9.17) is 0 Å². The van der Waals surface area contributed by atoms with Gasteiger partial charge in [-0.3, -0.25) is 2.78 Å². The fourth-order valence-electron chi connectivity index (χ4n) is 1.65. The number of fused-ring (bicyclic) bond motifs is 1. The highest BCUT2D eigenvalue weighted by Crippen LogP contribution is 2.31. The van der Waals surface area contributed by atoms with Gasteiger partial charge < -0.3 is 5.32 Å². The van der Waals surface area contributed by atoms with Crippen molar-refractivity contribution in [2.45, 2.75) is 6.92 Å². The molecule has 0 atom stereocenters. The molecule has 1 aromatic carbocycles. The number of para-hydroxylation sites is 1. The van der Waals surface area contributed by atoms with Gasteiger partial charge in [0.1, 0.15) is 0 Å². The fraction of sp³-hybridized carbons (Fsp3) is 0.200. The molecule has 0 radical (unpaired) electrons. The number of nitrogens with one attached hydrogen (secondary N) is 1. The fourth-order valence-corrected chi connectivity index (χ4v) is 2.31. The van der Waals surface area contributed by atoms with Crippen LogP contribution in [0.3, 0.4) is 0 Å². The van der Waals surface area contributed by atoms with E-state index < -0.39 is 0 Å². The number of hydrogen-bond donors (Lipinski definition) is 1. The minimum atomic E-state index is 1.23. The molecular weight excluding hydrogens is 275 g/mol. The van der Waals surface area contributed by atoms with E-state index in [0.717, 1.165) is 0 Å². The summed E-state index contributed by atoms with van der Waals surface area (Å²) >= 11 is 2.32. The van der Waals surface area contributed by atoms with Crippen molar-refractivity contribution in [2.24, 2.45) is 0 Å². The Bertz CT molecular complexity index is 445. The van der Waals surface area contributed by atoms with Crippen LogP contribution in [0.5, 0.6) is 0 Å². The highest BCUT2D eigenvalue weighted by Gasteiger charge is 2.09. The lowest BCUT2D eigenvalue weighted by atomic mass is 10.2. The molecule has 1 N–H and O–H groups in total. The Kier molecular flexibility index (Phi) is 2.19. The molecule has 0 bridgehead atoms. The Hall–Kier alpha value is -0.710. The quantitative estimate of drug-likeness (QED) is 0.797. The molecule has 13 heavy (non-hydrogen) atoms. The molecule has 0 aliphatic rings. The summed E-state index contributed by atoms with van der Waals surface area (Å²) in [6.07, 6.45) is 0.